The van der Waals surface area contributed by atoms with Gasteiger partial charge in [0.2, 0.25) is 0 Å². The van der Waals surface area contributed by atoms with Gasteiger partial charge in [-0.15, -0.1) is 11.3 Å². The van der Waals surface area contributed by atoms with Gasteiger partial charge < -0.3 is 5.32 Å². The Labute approximate surface area is 134 Å². The number of hydrogen-bond donors (Lipinski definition) is 3. The number of aromatic nitrogens is 2. The average Bonchev–Trinajstić information content (AvgIpc) is 3.08. The molecule has 1 unspecified atom stereocenters. The highest BCUT2D eigenvalue weighted by Crippen LogP contribution is 2.31. The minimum absolute atomic E-state index is 0.122. The van der Waals surface area contributed by atoms with Crippen LogP contribution in [0.25, 0.3) is 11.3 Å². The van der Waals surface area contributed by atoms with E-state index in [-0.39, 0.29) is 11.6 Å². The lowest BCUT2D eigenvalue weighted by atomic mass is 10.1. The van der Waals surface area contributed by atoms with E-state index in [0.717, 1.165) is 21.4 Å². The molecule has 3 aromatic rings. The summed E-state index contributed by atoms with van der Waals surface area (Å²) < 4.78 is 1.13. The second kappa shape index (κ2) is 5.91. The molecular weight excluding hydrogens is 350 g/mol. The van der Waals surface area contributed by atoms with Crippen LogP contribution in [0, 0.1) is 0 Å². The summed E-state index contributed by atoms with van der Waals surface area (Å²) in [5, 5.41) is 10.9. The van der Waals surface area contributed by atoms with Crippen LogP contribution in [0.5, 0.6) is 0 Å². The second-order valence-corrected chi connectivity index (χ2v) is 6.55. The third kappa shape index (κ3) is 3.11. The van der Waals surface area contributed by atoms with Gasteiger partial charge in [0.25, 0.3) is 5.56 Å². The fourth-order valence-corrected chi connectivity index (χ4v) is 3.89. The SMILES string of the molecule is CC(Nc1ccc(-c2cc(=O)[nH][nH]2)cc1)c1sccc1Br. The molecule has 3 N–H and O–H groups in total. The lowest BCUT2D eigenvalue weighted by Gasteiger charge is -2.14. The van der Waals surface area contributed by atoms with Gasteiger partial charge in [0, 0.05) is 21.1 Å². The van der Waals surface area contributed by atoms with E-state index in [1.54, 1.807) is 17.4 Å². The Balaban J connectivity index is 1.76. The highest BCUT2D eigenvalue weighted by atomic mass is 79.9. The van der Waals surface area contributed by atoms with Crippen LogP contribution in [0.4, 0.5) is 5.69 Å². The molecule has 0 radical (unpaired) electrons. The van der Waals surface area contributed by atoms with Crippen LogP contribution in [0.15, 0.2) is 51.0 Å². The van der Waals surface area contributed by atoms with Gasteiger partial charge in [-0.25, -0.2) is 0 Å². The van der Waals surface area contributed by atoms with Crippen molar-refractivity contribution in [1.29, 1.82) is 0 Å². The van der Waals surface area contributed by atoms with Crippen LogP contribution in [0.1, 0.15) is 17.8 Å². The van der Waals surface area contributed by atoms with Crippen LogP contribution >= 0.6 is 27.3 Å². The number of nitrogens with one attached hydrogen (secondary N) is 3. The Kier molecular flexibility index (Phi) is 3.98. The molecular formula is C15H14BrN3OS. The van der Waals surface area contributed by atoms with Gasteiger partial charge in [0.05, 0.1) is 11.7 Å². The van der Waals surface area contributed by atoms with Gasteiger partial charge in [-0.05, 0) is 52.0 Å². The molecule has 1 atom stereocenters. The molecule has 4 nitrogen and oxygen atoms in total. The minimum atomic E-state index is -0.122. The summed E-state index contributed by atoms with van der Waals surface area (Å²) in [6, 6.07) is 11.8. The maximum absolute atomic E-state index is 11.1. The first-order valence-corrected chi connectivity index (χ1v) is 8.18. The zero-order valence-corrected chi connectivity index (χ0v) is 13.7. The van der Waals surface area contributed by atoms with E-state index in [0.29, 0.717) is 0 Å². The van der Waals surface area contributed by atoms with Crippen molar-refractivity contribution in [2.24, 2.45) is 0 Å². The van der Waals surface area contributed by atoms with Crippen LogP contribution in [0.2, 0.25) is 0 Å². The van der Waals surface area contributed by atoms with Gasteiger partial charge in [-0.1, -0.05) is 12.1 Å². The molecule has 0 saturated carbocycles. The van der Waals surface area contributed by atoms with Crippen LogP contribution in [0.3, 0.4) is 0 Å². The van der Waals surface area contributed by atoms with Crippen LogP contribution < -0.4 is 10.9 Å². The topological polar surface area (TPSA) is 60.7 Å². The number of halogens is 1. The molecule has 1 aromatic carbocycles. The Morgan fingerprint density at radius 2 is 1.95 bits per heavy atom. The molecule has 0 bridgehead atoms. The van der Waals surface area contributed by atoms with E-state index in [2.05, 4.69) is 49.8 Å². The third-order valence-corrected chi connectivity index (χ3v) is 5.27. The zero-order chi connectivity index (χ0) is 14.8. The predicted octanol–water partition coefficient (Wildman–Crippen LogP) is 4.37. The molecule has 21 heavy (non-hydrogen) atoms. The van der Waals surface area contributed by atoms with Crippen molar-refractivity contribution in [2.75, 3.05) is 5.32 Å². The molecule has 0 aliphatic rings. The number of hydrogen-bond acceptors (Lipinski definition) is 3. The van der Waals surface area contributed by atoms with E-state index in [1.807, 2.05) is 24.3 Å². The molecule has 0 fully saturated rings. The third-order valence-electron chi connectivity index (χ3n) is 3.21. The van der Waals surface area contributed by atoms with Gasteiger partial charge in [0.15, 0.2) is 0 Å². The molecule has 108 valence electrons. The summed E-state index contributed by atoms with van der Waals surface area (Å²) in [6.07, 6.45) is 0. The molecule has 6 heteroatoms. The standard InChI is InChI=1S/C15H14BrN3OS/c1-9(15-12(16)6-7-21-15)17-11-4-2-10(3-5-11)13-8-14(20)19-18-13/h2-9,17H,1H3,(H2,18,19,20). The largest absolute Gasteiger partial charge is 0.378 e. The maximum Gasteiger partial charge on any atom is 0.264 e. The number of anilines is 1. The van der Waals surface area contributed by atoms with Crippen molar-refractivity contribution in [3.05, 3.63) is 61.5 Å². The summed E-state index contributed by atoms with van der Waals surface area (Å²) in [5.41, 5.74) is 2.69. The normalized spacial score (nSPS) is 12.3. The Morgan fingerprint density at radius 3 is 2.52 bits per heavy atom. The van der Waals surface area contributed by atoms with E-state index >= 15 is 0 Å². The summed E-state index contributed by atoms with van der Waals surface area (Å²) in [5.74, 6) is 0. The number of aromatic amines is 2. The molecule has 0 spiro atoms. The molecule has 2 heterocycles. The number of thiophene rings is 1. The Bertz CT molecular complexity index is 788. The van der Waals surface area contributed by atoms with Gasteiger partial charge >= 0.3 is 0 Å². The van der Waals surface area contributed by atoms with Crippen molar-refractivity contribution >= 4 is 33.0 Å². The highest BCUT2D eigenvalue weighted by molar-refractivity contribution is 9.10. The van der Waals surface area contributed by atoms with Crippen molar-refractivity contribution in [2.45, 2.75) is 13.0 Å². The molecule has 0 aliphatic carbocycles. The molecule has 0 amide bonds. The minimum Gasteiger partial charge on any atom is -0.378 e. The average molecular weight is 364 g/mol. The van der Waals surface area contributed by atoms with Crippen LogP contribution in [-0.4, -0.2) is 10.2 Å². The number of H-pyrrole nitrogens is 2. The summed E-state index contributed by atoms with van der Waals surface area (Å²) in [4.78, 5) is 12.4. The van der Waals surface area contributed by atoms with Crippen molar-refractivity contribution in [3.63, 3.8) is 0 Å². The van der Waals surface area contributed by atoms with Crippen molar-refractivity contribution < 1.29 is 0 Å². The molecule has 0 aliphatic heterocycles. The zero-order valence-electron chi connectivity index (χ0n) is 11.3. The van der Waals surface area contributed by atoms with Gasteiger partial charge in [-0.2, -0.15) is 0 Å². The predicted molar refractivity (Wildman–Crippen MR) is 90.9 cm³/mol. The van der Waals surface area contributed by atoms with Crippen molar-refractivity contribution in [3.8, 4) is 11.3 Å². The quantitative estimate of drug-likeness (QED) is 0.644. The molecule has 0 saturated heterocycles. The first-order chi connectivity index (χ1) is 10.1. The monoisotopic (exact) mass is 363 g/mol. The van der Waals surface area contributed by atoms with E-state index < -0.39 is 0 Å². The summed E-state index contributed by atoms with van der Waals surface area (Å²) >= 11 is 5.28. The Morgan fingerprint density at radius 1 is 1.19 bits per heavy atom. The van der Waals surface area contributed by atoms with E-state index in [1.165, 1.54) is 4.88 Å². The first kappa shape index (κ1) is 14.2. The maximum atomic E-state index is 11.1. The molecule has 2 aromatic heterocycles. The van der Waals surface area contributed by atoms with Crippen LogP contribution in [-0.2, 0) is 0 Å². The molecule has 3 rings (SSSR count). The van der Waals surface area contributed by atoms with Gasteiger partial charge in [0.1, 0.15) is 0 Å². The lowest BCUT2D eigenvalue weighted by molar-refractivity contribution is 0.903. The first-order valence-electron chi connectivity index (χ1n) is 6.51. The Hall–Kier alpha value is -1.79. The highest BCUT2D eigenvalue weighted by Gasteiger charge is 2.10. The van der Waals surface area contributed by atoms with E-state index in [9.17, 15) is 4.79 Å². The summed E-state index contributed by atoms with van der Waals surface area (Å²) in [6.45, 7) is 2.13. The fourth-order valence-electron chi connectivity index (χ4n) is 2.16. The van der Waals surface area contributed by atoms with Gasteiger partial charge in [-0.3, -0.25) is 15.0 Å². The number of benzene rings is 1. The fraction of sp³-hybridized carbons (Fsp3) is 0.133. The van der Waals surface area contributed by atoms with Crippen molar-refractivity contribution in [1.82, 2.24) is 10.2 Å². The van der Waals surface area contributed by atoms with E-state index in [4.69, 9.17) is 0 Å². The summed E-state index contributed by atoms with van der Waals surface area (Å²) in [7, 11) is 0. The smallest absolute Gasteiger partial charge is 0.264 e. The second-order valence-electron chi connectivity index (χ2n) is 4.75. The lowest BCUT2D eigenvalue weighted by Crippen LogP contribution is -2.05. The number of rotatable bonds is 4.